The van der Waals surface area contributed by atoms with Crippen LogP contribution in [0.25, 0.3) is 22.4 Å². The van der Waals surface area contributed by atoms with Gasteiger partial charge >= 0.3 is 0 Å². The van der Waals surface area contributed by atoms with E-state index in [1.54, 1.807) is 48.5 Å². The molecular formula is C25H24N4O3. The molecule has 4 rings (SSSR count). The molecule has 0 unspecified atom stereocenters. The van der Waals surface area contributed by atoms with Crippen LogP contribution in [0.4, 0.5) is 11.8 Å². The Kier molecular flexibility index (Phi) is 6.19. The van der Waals surface area contributed by atoms with Crippen molar-refractivity contribution in [3.63, 3.8) is 0 Å². The number of aromatic nitrogens is 2. The standard InChI is InChI=1S/C25H24N4O3/c26-25-28-22(14-24(29-25)27-19(15-30)12-16-4-2-1-3-5-16)21-13-18(8-11-23(21)32)17-6-9-20(31)10-7-17/h1-11,13-14,19,30-32H,12,15H2,(H3,26,27,28,29)/t19-/m0/s1. The lowest BCUT2D eigenvalue weighted by Crippen LogP contribution is -2.27. The van der Waals surface area contributed by atoms with E-state index in [-0.39, 0.29) is 30.1 Å². The van der Waals surface area contributed by atoms with Crippen molar-refractivity contribution in [3.8, 4) is 33.9 Å². The second-order valence-corrected chi connectivity index (χ2v) is 7.49. The van der Waals surface area contributed by atoms with Crippen LogP contribution in [-0.4, -0.2) is 37.9 Å². The number of phenols is 2. The monoisotopic (exact) mass is 428 g/mol. The van der Waals surface area contributed by atoms with E-state index in [9.17, 15) is 15.3 Å². The Labute approximate surface area is 185 Å². The third kappa shape index (κ3) is 4.96. The van der Waals surface area contributed by atoms with Crippen molar-refractivity contribution in [2.75, 3.05) is 17.7 Å². The highest BCUT2D eigenvalue weighted by Crippen LogP contribution is 2.34. The molecule has 0 fully saturated rings. The van der Waals surface area contributed by atoms with Crippen molar-refractivity contribution >= 4 is 11.8 Å². The largest absolute Gasteiger partial charge is 0.508 e. The number of rotatable bonds is 7. The van der Waals surface area contributed by atoms with E-state index >= 15 is 0 Å². The molecule has 7 nitrogen and oxygen atoms in total. The molecule has 1 heterocycles. The van der Waals surface area contributed by atoms with Crippen LogP contribution in [0.2, 0.25) is 0 Å². The molecule has 0 saturated carbocycles. The summed E-state index contributed by atoms with van der Waals surface area (Å²) in [5.41, 5.74) is 9.71. The molecule has 32 heavy (non-hydrogen) atoms. The summed E-state index contributed by atoms with van der Waals surface area (Å²) < 4.78 is 0. The highest BCUT2D eigenvalue weighted by molar-refractivity contribution is 5.77. The molecule has 0 aliphatic heterocycles. The molecule has 6 N–H and O–H groups in total. The van der Waals surface area contributed by atoms with Crippen LogP contribution in [0.15, 0.2) is 78.9 Å². The molecule has 7 heteroatoms. The van der Waals surface area contributed by atoms with Gasteiger partial charge in [-0.15, -0.1) is 0 Å². The van der Waals surface area contributed by atoms with Gasteiger partial charge in [-0.2, -0.15) is 4.98 Å². The summed E-state index contributed by atoms with van der Waals surface area (Å²) in [6.45, 7) is -0.0876. The van der Waals surface area contributed by atoms with Crippen LogP contribution in [0, 0.1) is 0 Å². The van der Waals surface area contributed by atoms with Gasteiger partial charge in [-0.1, -0.05) is 48.5 Å². The normalized spacial score (nSPS) is 11.8. The Bertz CT molecular complexity index is 1200. The number of aromatic hydroxyl groups is 2. The van der Waals surface area contributed by atoms with Crippen LogP contribution in [-0.2, 0) is 6.42 Å². The Morgan fingerprint density at radius 2 is 1.56 bits per heavy atom. The van der Waals surface area contributed by atoms with Crippen molar-refractivity contribution in [3.05, 3.63) is 84.4 Å². The SMILES string of the molecule is Nc1nc(N[C@H](CO)Cc2ccccc2)cc(-c2cc(-c3ccc(O)cc3)ccc2O)n1. The summed E-state index contributed by atoms with van der Waals surface area (Å²) in [6.07, 6.45) is 0.609. The second-order valence-electron chi connectivity index (χ2n) is 7.49. The zero-order valence-electron chi connectivity index (χ0n) is 17.3. The summed E-state index contributed by atoms with van der Waals surface area (Å²) in [4.78, 5) is 8.54. The number of aliphatic hydroxyl groups excluding tert-OH is 1. The molecule has 1 atom stereocenters. The fourth-order valence-corrected chi connectivity index (χ4v) is 3.52. The number of phenolic OH excluding ortho intramolecular Hbond substituents is 2. The summed E-state index contributed by atoms with van der Waals surface area (Å²) in [5.74, 6) is 0.744. The van der Waals surface area contributed by atoms with Crippen molar-refractivity contribution in [2.24, 2.45) is 0 Å². The van der Waals surface area contributed by atoms with Gasteiger partial charge in [0, 0.05) is 11.6 Å². The van der Waals surface area contributed by atoms with Gasteiger partial charge in [-0.05, 0) is 47.4 Å². The van der Waals surface area contributed by atoms with E-state index in [4.69, 9.17) is 5.73 Å². The van der Waals surface area contributed by atoms with Crippen molar-refractivity contribution in [2.45, 2.75) is 12.5 Å². The summed E-state index contributed by atoms with van der Waals surface area (Å²) in [5, 5.41) is 33.1. The molecule has 0 radical (unpaired) electrons. The minimum atomic E-state index is -0.267. The van der Waals surface area contributed by atoms with Crippen LogP contribution in [0.3, 0.4) is 0 Å². The quantitative estimate of drug-likeness (QED) is 0.303. The van der Waals surface area contributed by atoms with E-state index < -0.39 is 0 Å². The van der Waals surface area contributed by atoms with E-state index in [2.05, 4.69) is 15.3 Å². The summed E-state index contributed by atoms with van der Waals surface area (Å²) in [7, 11) is 0. The first-order chi connectivity index (χ1) is 15.5. The van der Waals surface area contributed by atoms with Crippen LogP contribution < -0.4 is 11.1 Å². The topological polar surface area (TPSA) is 125 Å². The van der Waals surface area contributed by atoms with Gasteiger partial charge in [0.05, 0.1) is 18.3 Å². The van der Waals surface area contributed by atoms with Gasteiger partial charge in [0.25, 0.3) is 0 Å². The number of anilines is 2. The maximum atomic E-state index is 10.5. The number of hydrogen-bond acceptors (Lipinski definition) is 7. The number of benzene rings is 3. The molecule has 3 aromatic carbocycles. The van der Waals surface area contributed by atoms with Gasteiger partial charge in [-0.25, -0.2) is 4.98 Å². The second kappa shape index (κ2) is 9.36. The minimum Gasteiger partial charge on any atom is -0.508 e. The Hall–Kier alpha value is -4.10. The van der Waals surface area contributed by atoms with Crippen molar-refractivity contribution in [1.29, 1.82) is 0 Å². The average molecular weight is 428 g/mol. The lowest BCUT2D eigenvalue weighted by atomic mass is 10.0. The maximum absolute atomic E-state index is 10.5. The lowest BCUT2D eigenvalue weighted by Gasteiger charge is -2.18. The molecule has 0 saturated heterocycles. The molecule has 0 aliphatic rings. The predicted molar refractivity (Wildman–Crippen MR) is 125 cm³/mol. The van der Waals surface area contributed by atoms with E-state index in [1.165, 1.54) is 0 Å². The molecule has 162 valence electrons. The van der Waals surface area contributed by atoms with Crippen LogP contribution >= 0.6 is 0 Å². The fraction of sp³-hybridized carbons (Fsp3) is 0.120. The highest BCUT2D eigenvalue weighted by atomic mass is 16.3. The van der Waals surface area contributed by atoms with Gasteiger partial charge in [0.1, 0.15) is 17.3 Å². The molecule has 0 bridgehead atoms. The zero-order chi connectivity index (χ0) is 22.5. The molecule has 0 aliphatic carbocycles. The third-order valence-electron chi connectivity index (χ3n) is 5.11. The van der Waals surface area contributed by atoms with Crippen molar-refractivity contribution in [1.82, 2.24) is 9.97 Å². The van der Waals surface area contributed by atoms with E-state index in [1.807, 2.05) is 30.3 Å². The number of hydrogen-bond donors (Lipinski definition) is 5. The molecular weight excluding hydrogens is 404 g/mol. The minimum absolute atomic E-state index is 0.0517. The Balaban J connectivity index is 1.63. The van der Waals surface area contributed by atoms with Crippen LogP contribution in [0.1, 0.15) is 5.56 Å². The van der Waals surface area contributed by atoms with Gasteiger partial charge in [0.2, 0.25) is 5.95 Å². The maximum Gasteiger partial charge on any atom is 0.222 e. The average Bonchev–Trinajstić information content (AvgIpc) is 2.80. The number of aliphatic hydroxyl groups is 1. The molecule has 1 aromatic heterocycles. The fourth-order valence-electron chi connectivity index (χ4n) is 3.52. The smallest absolute Gasteiger partial charge is 0.222 e. The Morgan fingerprint density at radius 3 is 2.28 bits per heavy atom. The summed E-state index contributed by atoms with van der Waals surface area (Å²) >= 11 is 0. The van der Waals surface area contributed by atoms with E-state index in [0.717, 1.165) is 16.7 Å². The molecule has 0 spiro atoms. The van der Waals surface area contributed by atoms with Crippen LogP contribution in [0.5, 0.6) is 11.5 Å². The van der Waals surface area contributed by atoms with E-state index in [0.29, 0.717) is 23.5 Å². The van der Waals surface area contributed by atoms with Gasteiger partial charge < -0.3 is 26.4 Å². The lowest BCUT2D eigenvalue weighted by molar-refractivity contribution is 0.273. The zero-order valence-corrected chi connectivity index (χ0v) is 17.3. The predicted octanol–water partition coefficient (Wildman–Crippen LogP) is 3.82. The molecule has 4 aromatic rings. The summed E-state index contributed by atoms with van der Waals surface area (Å²) in [6, 6.07) is 23.3. The molecule has 0 amide bonds. The number of nitrogens with two attached hydrogens (primary N) is 1. The number of nitrogens with zero attached hydrogens (tertiary/aromatic N) is 2. The first-order valence-electron chi connectivity index (χ1n) is 10.2. The van der Waals surface area contributed by atoms with Crippen molar-refractivity contribution < 1.29 is 15.3 Å². The van der Waals surface area contributed by atoms with Gasteiger partial charge in [-0.3, -0.25) is 0 Å². The number of nitrogens with one attached hydrogen (secondary N) is 1. The highest BCUT2D eigenvalue weighted by Gasteiger charge is 2.14. The first kappa shape index (κ1) is 21.1. The Morgan fingerprint density at radius 1 is 0.844 bits per heavy atom. The van der Waals surface area contributed by atoms with Gasteiger partial charge in [0.15, 0.2) is 0 Å². The first-order valence-corrected chi connectivity index (χ1v) is 10.2. The number of nitrogen functional groups attached to an aromatic ring is 1. The third-order valence-corrected chi connectivity index (χ3v) is 5.11.